The Morgan fingerprint density at radius 3 is 2.26 bits per heavy atom. The van der Waals surface area contributed by atoms with Crippen LogP contribution in [0, 0.1) is 0 Å². The summed E-state index contributed by atoms with van der Waals surface area (Å²) in [6.45, 7) is 0. The van der Waals surface area contributed by atoms with E-state index in [9.17, 15) is 15.0 Å². The van der Waals surface area contributed by atoms with Crippen LogP contribution in [0.1, 0.15) is 34.0 Å². The van der Waals surface area contributed by atoms with Crippen LogP contribution in [0.3, 0.4) is 0 Å². The Labute approximate surface area is 220 Å². The van der Waals surface area contributed by atoms with Gasteiger partial charge in [-0.15, -0.1) is 0 Å². The van der Waals surface area contributed by atoms with Gasteiger partial charge >= 0.3 is 13.1 Å². The molecule has 3 aromatic rings. The van der Waals surface area contributed by atoms with Crippen LogP contribution < -0.4 is 14.9 Å². The molecule has 1 heterocycles. The number of aliphatic hydroxyl groups is 2. The Kier molecular flexibility index (Phi) is 7.04. The van der Waals surface area contributed by atoms with E-state index in [4.69, 9.17) is 23.5 Å². The molecule has 0 unspecified atom stereocenters. The van der Waals surface area contributed by atoms with Gasteiger partial charge in [-0.25, -0.2) is 4.79 Å². The van der Waals surface area contributed by atoms with Crippen LogP contribution in [0.5, 0.6) is 17.2 Å². The van der Waals surface area contributed by atoms with Gasteiger partial charge in [0.05, 0.1) is 25.1 Å². The number of carbonyl (C=O) groups excluding carboxylic acids is 1. The number of methoxy groups -OCH3 is 1. The van der Waals surface area contributed by atoms with Crippen LogP contribution in [0.4, 0.5) is 0 Å². The summed E-state index contributed by atoms with van der Waals surface area (Å²) in [6, 6.07) is 19.8. The van der Waals surface area contributed by atoms with E-state index in [-0.39, 0.29) is 18.0 Å². The molecular formula is C28H26BNO8. The van der Waals surface area contributed by atoms with Gasteiger partial charge in [-0.1, -0.05) is 24.3 Å². The van der Waals surface area contributed by atoms with Crippen LogP contribution in [-0.4, -0.2) is 42.4 Å². The molecule has 3 aromatic carbocycles. The van der Waals surface area contributed by atoms with Crippen LogP contribution in [0.2, 0.25) is 0 Å². The lowest BCUT2D eigenvalue weighted by atomic mass is 9.79. The maximum atomic E-state index is 11.7. The normalized spacial score (nSPS) is 19.4. The van der Waals surface area contributed by atoms with Gasteiger partial charge in [-0.2, -0.15) is 0 Å². The van der Waals surface area contributed by atoms with Crippen molar-refractivity contribution in [3.63, 3.8) is 0 Å². The molecule has 1 aliphatic heterocycles. The number of nitrogens with zero attached hydrogens (tertiary/aromatic N) is 1. The standard InChI is InChI=1S/C28H26BNO8/c1-30-16-26(31)37-29(38-27(32)17-30)19-8-12-21(13-9-19)36-25-15-14-23-22(25)4-3-5-24(23)35-20-10-6-18(7-11-20)28(33)34-2/h3-13,16-17,25,31-32H,14-15H2,1-2H3/b26-16-,27-17-/t25-/m1/s1. The van der Waals surface area contributed by atoms with Crippen molar-refractivity contribution < 1.29 is 38.5 Å². The third-order valence-electron chi connectivity index (χ3n) is 6.19. The second-order valence-electron chi connectivity index (χ2n) is 8.82. The van der Waals surface area contributed by atoms with Crippen molar-refractivity contribution in [1.82, 2.24) is 4.90 Å². The molecule has 0 fully saturated rings. The maximum Gasteiger partial charge on any atom is 0.636 e. The summed E-state index contributed by atoms with van der Waals surface area (Å²) in [7, 11) is 1.94. The summed E-state index contributed by atoms with van der Waals surface area (Å²) in [5.74, 6) is 0.940. The topological polar surface area (TPSA) is 107 Å². The zero-order valence-electron chi connectivity index (χ0n) is 20.9. The van der Waals surface area contributed by atoms with Crippen molar-refractivity contribution in [2.45, 2.75) is 18.9 Å². The molecule has 0 bridgehead atoms. The zero-order valence-corrected chi connectivity index (χ0v) is 20.9. The Morgan fingerprint density at radius 1 is 0.947 bits per heavy atom. The van der Waals surface area contributed by atoms with Crippen LogP contribution in [0.25, 0.3) is 0 Å². The van der Waals surface area contributed by atoms with Gasteiger partial charge in [0, 0.05) is 18.1 Å². The minimum absolute atomic E-state index is 0.149. The zero-order chi connectivity index (χ0) is 26.6. The molecule has 0 spiro atoms. The molecule has 0 amide bonds. The molecule has 194 valence electrons. The van der Waals surface area contributed by atoms with Crippen molar-refractivity contribution >= 4 is 18.6 Å². The summed E-state index contributed by atoms with van der Waals surface area (Å²) in [5.41, 5.74) is 3.18. The minimum atomic E-state index is -1.03. The molecule has 1 atom stereocenters. The van der Waals surface area contributed by atoms with E-state index in [0.717, 1.165) is 29.7 Å². The molecule has 0 saturated carbocycles. The summed E-state index contributed by atoms with van der Waals surface area (Å²) < 4.78 is 28.0. The first-order valence-corrected chi connectivity index (χ1v) is 12.0. The van der Waals surface area contributed by atoms with Crippen LogP contribution in [0.15, 0.2) is 91.0 Å². The number of hydrogen-bond donors (Lipinski definition) is 2. The largest absolute Gasteiger partial charge is 0.636 e. The lowest BCUT2D eigenvalue weighted by molar-refractivity contribution is 0.0600. The van der Waals surface area contributed by atoms with Gasteiger partial charge in [0.1, 0.15) is 23.4 Å². The number of aliphatic hydroxyl groups excluding tert-OH is 2. The van der Waals surface area contributed by atoms with Gasteiger partial charge in [0.15, 0.2) is 0 Å². The lowest BCUT2D eigenvalue weighted by Crippen LogP contribution is -2.37. The second kappa shape index (κ2) is 10.7. The summed E-state index contributed by atoms with van der Waals surface area (Å²) in [4.78, 5) is 13.1. The van der Waals surface area contributed by atoms with Gasteiger partial charge in [0.25, 0.3) is 11.9 Å². The first-order valence-electron chi connectivity index (χ1n) is 12.0. The average Bonchev–Trinajstić information content (AvgIpc) is 3.31. The van der Waals surface area contributed by atoms with Crippen molar-refractivity contribution in [2.75, 3.05) is 14.2 Å². The number of rotatable bonds is 6. The van der Waals surface area contributed by atoms with Crippen LogP contribution >= 0.6 is 0 Å². The molecule has 0 aromatic heterocycles. The van der Waals surface area contributed by atoms with E-state index < -0.39 is 13.1 Å². The Balaban J connectivity index is 1.27. The number of carbonyl (C=O) groups is 1. The molecule has 0 radical (unpaired) electrons. The number of benzene rings is 3. The fraction of sp³-hybridized carbons (Fsp3) is 0.179. The third kappa shape index (κ3) is 5.49. The molecule has 9 nitrogen and oxygen atoms in total. The Bertz CT molecular complexity index is 1350. The third-order valence-corrected chi connectivity index (χ3v) is 6.19. The highest BCUT2D eigenvalue weighted by molar-refractivity contribution is 6.61. The van der Waals surface area contributed by atoms with E-state index in [1.165, 1.54) is 24.4 Å². The van der Waals surface area contributed by atoms with Gasteiger partial charge in [-0.3, -0.25) is 0 Å². The monoisotopic (exact) mass is 515 g/mol. The highest BCUT2D eigenvalue weighted by Crippen LogP contribution is 2.40. The summed E-state index contributed by atoms with van der Waals surface area (Å²) in [6.07, 6.45) is 4.07. The molecule has 38 heavy (non-hydrogen) atoms. The molecule has 10 heteroatoms. The Hall–Kier alpha value is -4.73. The minimum Gasteiger partial charge on any atom is -0.494 e. The van der Waals surface area contributed by atoms with E-state index in [0.29, 0.717) is 22.5 Å². The van der Waals surface area contributed by atoms with Gasteiger partial charge < -0.3 is 38.6 Å². The SMILES string of the molecule is COC(=O)c1ccc(Oc2cccc3c2CC[C@H]3Oc2ccc(B3O/C(O)=C\N(C)/C=C(/O)O3)cc2)cc1. The van der Waals surface area contributed by atoms with Crippen molar-refractivity contribution in [2.24, 2.45) is 0 Å². The van der Waals surface area contributed by atoms with Gasteiger partial charge in [-0.05, 0) is 60.9 Å². The molecule has 0 saturated heterocycles. The molecule has 2 N–H and O–H groups in total. The van der Waals surface area contributed by atoms with Crippen molar-refractivity contribution in [1.29, 1.82) is 0 Å². The second-order valence-corrected chi connectivity index (χ2v) is 8.82. The van der Waals surface area contributed by atoms with Crippen molar-refractivity contribution in [3.05, 3.63) is 108 Å². The highest BCUT2D eigenvalue weighted by atomic mass is 16.7. The predicted molar refractivity (Wildman–Crippen MR) is 139 cm³/mol. The molecular weight excluding hydrogens is 489 g/mol. The smallest absolute Gasteiger partial charge is 0.494 e. The predicted octanol–water partition coefficient (Wildman–Crippen LogP) is 4.72. The van der Waals surface area contributed by atoms with E-state index in [2.05, 4.69) is 0 Å². The van der Waals surface area contributed by atoms with Gasteiger partial charge in [0.2, 0.25) is 0 Å². The van der Waals surface area contributed by atoms with Crippen LogP contribution in [-0.2, 0) is 20.5 Å². The molecule has 5 rings (SSSR count). The highest BCUT2D eigenvalue weighted by Gasteiger charge is 2.31. The van der Waals surface area contributed by atoms with Crippen molar-refractivity contribution in [3.8, 4) is 17.2 Å². The van der Waals surface area contributed by atoms with E-state index >= 15 is 0 Å². The quantitative estimate of drug-likeness (QED) is 0.356. The molecule has 1 aliphatic carbocycles. The number of fused-ring (bicyclic) bond motifs is 1. The number of hydrogen-bond acceptors (Lipinski definition) is 9. The maximum absolute atomic E-state index is 11.7. The van der Waals surface area contributed by atoms with E-state index in [1.54, 1.807) is 55.6 Å². The first-order chi connectivity index (χ1) is 18.4. The fourth-order valence-corrected chi connectivity index (χ4v) is 4.40. The molecule has 2 aliphatic rings. The Morgan fingerprint density at radius 2 is 1.61 bits per heavy atom. The number of ether oxygens (including phenoxy) is 3. The first kappa shape index (κ1) is 24.9. The summed E-state index contributed by atoms with van der Waals surface area (Å²) >= 11 is 0. The van der Waals surface area contributed by atoms with E-state index in [1.807, 2.05) is 18.2 Å². The lowest BCUT2D eigenvalue weighted by Gasteiger charge is -2.20. The average molecular weight is 515 g/mol. The summed E-state index contributed by atoms with van der Waals surface area (Å²) in [5, 5.41) is 19.9. The fourth-order valence-electron chi connectivity index (χ4n) is 4.40. The number of esters is 1.